The molecule has 3 aromatic carbocycles. The molecule has 0 saturated carbocycles. The summed E-state index contributed by atoms with van der Waals surface area (Å²) in [5.41, 5.74) is 6.23. The van der Waals surface area contributed by atoms with Gasteiger partial charge in [0, 0.05) is 48.4 Å². The third-order valence-electron chi connectivity index (χ3n) is 6.78. The summed E-state index contributed by atoms with van der Waals surface area (Å²) in [5.74, 6) is 0. The monoisotopic (exact) mass is 705 g/mol. The van der Waals surface area contributed by atoms with Crippen LogP contribution in [0.25, 0.3) is 22.0 Å². The van der Waals surface area contributed by atoms with E-state index in [4.69, 9.17) is 0 Å². The lowest BCUT2D eigenvalue weighted by atomic mass is 10.1. The summed E-state index contributed by atoms with van der Waals surface area (Å²) in [5, 5.41) is 2.43. The van der Waals surface area contributed by atoms with Crippen molar-refractivity contribution in [3.05, 3.63) is 143 Å². The molecule has 0 aliphatic carbocycles. The van der Waals surface area contributed by atoms with Crippen LogP contribution in [-0.4, -0.2) is 21.6 Å². The Bertz CT molecular complexity index is 1880. The first-order valence-electron chi connectivity index (χ1n) is 14.4. The van der Waals surface area contributed by atoms with Crippen molar-refractivity contribution in [1.29, 1.82) is 0 Å². The van der Waals surface area contributed by atoms with Crippen molar-refractivity contribution in [3.8, 4) is 0 Å². The first kappa shape index (κ1) is 36.5. The van der Waals surface area contributed by atoms with Crippen molar-refractivity contribution >= 4 is 65.3 Å². The van der Waals surface area contributed by atoms with Crippen LogP contribution in [0.1, 0.15) is 16.1 Å². The average molecular weight is 705 g/mol. The molecule has 2 aromatic heterocycles. The van der Waals surface area contributed by atoms with Gasteiger partial charge in [0.1, 0.15) is 11.7 Å². The van der Waals surface area contributed by atoms with Crippen LogP contribution >= 0.6 is 23.1 Å². The van der Waals surface area contributed by atoms with Gasteiger partial charge in [-0.1, -0.05) is 77.7 Å². The highest BCUT2D eigenvalue weighted by atomic mass is 32.2. The molecular formula is C33H29B2F8N3S2. The fourth-order valence-electron chi connectivity index (χ4n) is 4.65. The Morgan fingerprint density at radius 1 is 0.750 bits per heavy atom. The minimum absolute atomic E-state index is 0.929. The van der Waals surface area contributed by atoms with Gasteiger partial charge in [0.05, 0.1) is 10.7 Å². The number of thiazole rings is 1. The molecule has 0 saturated heterocycles. The van der Waals surface area contributed by atoms with Gasteiger partial charge in [-0.25, -0.2) is 0 Å². The van der Waals surface area contributed by atoms with Gasteiger partial charge in [0.15, 0.2) is 12.4 Å². The average Bonchev–Trinajstić information content (AvgIpc) is 3.52. The number of para-hydroxylation sites is 2. The van der Waals surface area contributed by atoms with Crippen molar-refractivity contribution in [1.82, 2.24) is 0 Å². The number of hydrogen-bond donors (Lipinski definition) is 0. The highest BCUT2D eigenvalue weighted by Crippen LogP contribution is 2.44. The first-order valence-corrected chi connectivity index (χ1v) is 16.1. The van der Waals surface area contributed by atoms with Crippen LogP contribution in [0.5, 0.6) is 0 Å². The second-order valence-corrected chi connectivity index (χ2v) is 12.4. The van der Waals surface area contributed by atoms with E-state index in [-0.39, 0.29) is 0 Å². The van der Waals surface area contributed by atoms with Crippen LogP contribution in [-0.2, 0) is 13.5 Å². The van der Waals surface area contributed by atoms with Gasteiger partial charge in [0.25, 0.3) is 5.01 Å². The van der Waals surface area contributed by atoms with Gasteiger partial charge in [0.2, 0.25) is 11.2 Å². The lowest BCUT2D eigenvalue weighted by Crippen LogP contribution is -2.31. The van der Waals surface area contributed by atoms with E-state index in [1.807, 2.05) is 23.1 Å². The lowest BCUT2D eigenvalue weighted by Gasteiger charge is -2.12. The molecule has 1 aliphatic heterocycles. The van der Waals surface area contributed by atoms with E-state index in [9.17, 15) is 34.5 Å². The molecule has 5 aromatic rings. The maximum atomic E-state index is 9.75. The van der Waals surface area contributed by atoms with E-state index in [1.54, 1.807) is 0 Å². The fraction of sp³-hybridized carbons (Fsp3) is 0.0909. The summed E-state index contributed by atoms with van der Waals surface area (Å²) >= 11 is 3.62. The summed E-state index contributed by atoms with van der Waals surface area (Å²) in [7, 11) is -7.73. The Balaban J connectivity index is 0.000000458. The molecule has 48 heavy (non-hydrogen) atoms. The zero-order valence-electron chi connectivity index (χ0n) is 25.7. The van der Waals surface area contributed by atoms with Crippen molar-refractivity contribution in [2.75, 3.05) is 11.9 Å². The third-order valence-corrected chi connectivity index (χ3v) is 9.15. The number of aryl methyl sites for hydroxylation is 1. The van der Waals surface area contributed by atoms with Crippen LogP contribution in [0.3, 0.4) is 0 Å². The molecule has 0 N–H and O–H groups in total. The molecule has 0 bridgehead atoms. The summed E-state index contributed by atoms with van der Waals surface area (Å²) in [4.78, 5) is 3.55. The predicted molar refractivity (Wildman–Crippen MR) is 181 cm³/mol. The maximum Gasteiger partial charge on any atom is 0.673 e. The van der Waals surface area contributed by atoms with Gasteiger partial charge in [-0.2, -0.15) is 9.13 Å². The number of allylic oxidation sites excluding steroid dienone is 4. The van der Waals surface area contributed by atoms with Crippen LogP contribution in [0.4, 0.5) is 40.2 Å². The standard InChI is InChI=1S/C33H29N3S2.2BF4/c1-34-28-12-6-8-14-30(28)37-32(34)18-16-27(17-19-33-35(2)29-13-7-9-15-31(29)38-33)36-22-20-26(21-23-36)24-25-10-4-3-5-11-25;2*2-1(3,4)5/h3-23H,24H2,1-2H3;;/q+2;2*-1. The number of fused-ring (bicyclic) bond motifs is 2. The summed E-state index contributed by atoms with van der Waals surface area (Å²) in [6, 6.07) is 32.2. The van der Waals surface area contributed by atoms with Crippen molar-refractivity contribution in [2.24, 2.45) is 7.05 Å². The highest BCUT2D eigenvalue weighted by Gasteiger charge is 2.22. The largest absolute Gasteiger partial charge is 0.673 e. The zero-order chi connectivity index (χ0) is 34.9. The molecule has 6 rings (SSSR count). The number of benzene rings is 3. The number of hydrogen-bond acceptors (Lipinski definition) is 3. The number of thioether (sulfide) groups is 1. The Hall–Kier alpha value is -4.36. The molecule has 3 heterocycles. The number of anilines is 1. The van der Waals surface area contributed by atoms with Crippen molar-refractivity contribution in [3.63, 3.8) is 0 Å². The minimum Gasteiger partial charge on any atom is -0.418 e. The van der Waals surface area contributed by atoms with E-state index in [0.717, 1.165) is 12.1 Å². The van der Waals surface area contributed by atoms with Gasteiger partial charge in [-0.3, -0.25) is 0 Å². The Kier molecular flexibility index (Phi) is 12.3. The molecule has 250 valence electrons. The van der Waals surface area contributed by atoms with Crippen LogP contribution in [0, 0.1) is 0 Å². The quantitative estimate of drug-likeness (QED) is 0.0755. The lowest BCUT2D eigenvalue weighted by molar-refractivity contribution is -0.642. The molecule has 0 amide bonds. The molecule has 0 spiro atoms. The van der Waals surface area contributed by atoms with Crippen molar-refractivity contribution in [2.45, 2.75) is 11.3 Å². The predicted octanol–water partition coefficient (Wildman–Crippen LogP) is 9.84. The van der Waals surface area contributed by atoms with Gasteiger partial charge < -0.3 is 39.4 Å². The first-order chi connectivity index (χ1) is 22.7. The molecule has 0 unspecified atom stereocenters. The van der Waals surface area contributed by atoms with Crippen LogP contribution < -0.4 is 14.0 Å². The Morgan fingerprint density at radius 3 is 1.94 bits per heavy atom. The van der Waals surface area contributed by atoms with Gasteiger partial charge in [-0.05, 0) is 41.8 Å². The minimum atomic E-state index is -6.00. The van der Waals surface area contributed by atoms with Gasteiger partial charge >= 0.3 is 14.5 Å². The molecule has 3 nitrogen and oxygen atoms in total. The second kappa shape index (κ2) is 16.2. The second-order valence-electron chi connectivity index (χ2n) is 10.3. The summed E-state index contributed by atoms with van der Waals surface area (Å²) in [6.45, 7) is 0. The fourth-order valence-corrected chi connectivity index (χ4v) is 6.76. The van der Waals surface area contributed by atoms with Gasteiger partial charge in [-0.15, -0.1) is 0 Å². The van der Waals surface area contributed by atoms with E-state index in [2.05, 4.69) is 156 Å². The molecule has 1 aliphatic rings. The molecule has 0 atom stereocenters. The number of nitrogens with zero attached hydrogens (tertiary/aromatic N) is 3. The maximum absolute atomic E-state index is 9.75. The van der Waals surface area contributed by atoms with E-state index in [0.29, 0.717) is 0 Å². The van der Waals surface area contributed by atoms with E-state index in [1.165, 1.54) is 42.0 Å². The Labute approximate surface area is 281 Å². The van der Waals surface area contributed by atoms with E-state index >= 15 is 0 Å². The molecule has 0 fully saturated rings. The van der Waals surface area contributed by atoms with Crippen molar-refractivity contribution < 1.29 is 43.7 Å². The summed E-state index contributed by atoms with van der Waals surface area (Å²) < 4.78 is 83.8. The van der Waals surface area contributed by atoms with E-state index < -0.39 is 14.5 Å². The zero-order valence-corrected chi connectivity index (χ0v) is 27.3. The van der Waals surface area contributed by atoms with Crippen LogP contribution in [0.15, 0.2) is 132 Å². The summed E-state index contributed by atoms with van der Waals surface area (Å²) in [6.07, 6.45) is 14.1. The molecule has 15 heteroatoms. The highest BCUT2D eigenvalue weighted by molar-refractivity contribution is 8.03. The van der Waals surface area contributed by atoms with Crippen LogP contribution in [0.2, 0.25) is 0 Å². The third kappa shape index (κ3) is 11.4. The Morgan fingerprint density at radius 2 is 1.31 bits per heavy atom. The number of rotatable bonds is 6. The molecular weight excluding hydrogens is 676 g/mol. The topological polar surface area (TPSA) is 11.0 Å². The SMILES string of the molecule is CN1\C(=C/C=C(\C=C\c2sc3ccccc3[n+]2C)[n+]2ccc(Cc3ccccc3)cc2)Sc2ccccc21.F[B-](F)(F)F.F[B-](F)(F)F. The number of aromatic nitrogens is 2. The molecule has 0 radical (unpaired) electrons. The number of halogens is 8. The normalized spacial score (nSPS) is 14.1. The smallest absolute Gasteiger partial charge is 0.418 e. The number of pyridine rings is 1.